The van der Waals surface area contributed by atoms with Crippen LogP contribution in [0.15, 0.2) is 0 Å². The first-order chi connectivity index (χ1) is 9.96. The number of hydrogen-bond acceptors (Lipinski definition) is 5. The predicted molar refractivity (Wildman–Crippen MR) is 86.2 cm³/mol. The number of nitriles is 1. The van der Waals surface area contributed by atoms with Gasteiger partial charge in [0.25, 0.3) is 0 Å². The van der Waals surface area contributed by atoms with Gasteiger partial charge in [0.1, 0.15) is 11.6 Å². The standard InChI is InChI=1S/C16H27N5/c1-6-12-13(10-17)16(20-19-15(12)7-2)21(5)9-8-14(18)11(3)4/h11,14H,6-9,18H2,1-5H3. The molecule has 1 atom stereocenters. The number of hydrogen-bond donors (Lipinski definition) is 1. The third-order valence-corrected chi connectivity index (χ3v) is 3.96. The fourth-order valence-corrected chi connectivity index (χ4v) is 2.33. The Morgan fingerprint density at radius 3 is 2.38 bits per heavy atom. The Hall–Kier alpha value is -1.67. The largest absolute Gasteiger partial charge is 0.357 e. The van der Waals surface area contributed by atoms with Crippen LogP contribution in [0.4, 0.5) is 5.82 Å². The Bertz CT molecular complexity index is 504. The smallest absolute Gasteiger partial charge is 0.169 e. The summed E-state index contributed by atoms with van der Waals surface area (Å²) in [6.07, 6.45) is 2.47. The van der Waals surface area contributed by atoms with Gasteiger partial charge in [-0.05, 0) is 30.7 Å². The molecule has 1 unspecified atom stereocenters. The van der Waals surface area contributed by atoms with Gasteiger partial charge in [-0.3, -0.25) is 0 Å². The molecule has 21 heavy (non-hydrogen) atoms. The fourth-order valence-electron chi connectivity index (χ4n) is 2.33. The van der Waals surface area contributed by atoms with E-state index in [2.05, 4.69) is 37.0 Å². The number of nitrogens with two attached hydrogens (primary N) is 1. The Morgan fingerprint density at radius 2 is 1.90 bits per heavy atom. The summed E-state index contributed by atoms with van der Waals surface area (Å²) >= 11 is 0. The van der Waals surface area contributed by atoms with Crippen LogP contribution < -0.4 is 10.6 Å². The molecule has 0 aromatic carbocycles. The van der Waals surface area contributed by atoms with Crippen LogP contribution in [0, 0.1) is 17.2 Å². The summed E-state index contributed by atoms with van der Waals surface area (Å²) in [6, 6.07) is 2.46. The fraction of sp³-hybridized carbons (Fsp3) is 0.688. The van der Waals surface area contributed by atoms with Crippen molar-refractivity contribution in [1.29, 1.82) is 5.26 Å². The monoisotopic (exact) mass is 289 g/mol. The van der Waals surface area contributed by atoms with Crippen LogP contribution in [0.3, 0.4) is 0 Å². The number of aryl methyl sites for hydroxylation is 1. The molecule has 1 aromatic heterocycles. The summed E-state index contributed by atoms with van der Waals surface area (Å²) in [7, 11) is 1.95. The van der Waals surface area contributed by atoms with Crippen LogP contribution in [0.2, 0.25) is 0 Å². The molecular formula is C16H27N5. The van der Waals surface area contributed by atoms with E-state index in [0.29, 0.717) is 17.3 Å². The molecule has 0 saturated heterocycles. The number of aromatic nitrogens is 2. The Balaban J connectivity index is 3.00. The highest BCUT2D eigenvalue weighted by atomic mass is 15.2. The molecule has 0 aliphatic heterocycles. The highest BCUT2D eigenvalue weighted by Gasteiger charge is 2.18. The molecule has 1 heterocycles. The quantitative estimate of drug-likeness (QED) is 0.833. The Kier molecular flexibility index (Phi) is 6.57. The molecule has 2 N–H and O–H groups in total. The van der Waals surface area contributed by atoms with Gasteiger partial charge in [-0.1, -0.05) is 27.7 Å². The third kappa shape index (κ3) is 4.15. The van der Waals surface area contributed by atoms with Crippen LogP contribution in [-0.4, -0.2) is 29.8 Å². The Labute approximate surface area is 128 Å². The van der Waals surface area contributed by atoms with E-state index in [1.165, 1.54) is 0 Å². The van der Waals surface area contributed by atoms with Crippen molar-refractivity contribution in [1.82, 2.24) is 10.2 Å². The van der Waals surface area contributed by atoms with E-state index in [1.807, 2.05) is 18.9 Å². The summed E-state index contributed by atoms with van der Waals surface area (Å²) in [5.74, 6) is 1.12. The molecule has 0 aliphatic carbocycles. The molecule has 0 amide bonds. The first-order valence-corrected chi connectivity index (χ1v) is 7.71. The van der Waals surface area contributed by atoms with Crippen LogP contribution in [0.5, 0.6) is 0 Å². The molecule has 1 aromatic rings. The summed E-state index contributed by atoms with van der Waals surface area (Å²) in [4.78, 5) is 1.99. The second kappa shape index (κ2) is 7.94. The lowest BCUT2D eigenvalue weighted by molar-refractivity contribution is 0.465. The second-order valence-corrected chi connectivity index (χ2v) is 5.76. The van der Waals surface area contributed by atoms with Gasteiger partial charge in [0.15, 0.2) is 5.82 Å². The average molecular weight is 289 g/mol. The van der Waals surface area contributed by atoms with Gasteiger partial charge >= 0.3 is 0 Å². The molecule has 0 spiro atoms. The van der Waals surface area contributed by atoms with E-state index in [9.17, 15) is 5.26 Å². The average Bonchev–Trinajstić information content (AvgIpc) is 2.49. The maximum atomic E-state index is 9.50. The van der Waals surface area contributed by atoms with Crippen molar-refractivity contribution >= 4 is 5.82 Å². The van der Waals surface area contributed by atoms with Crippen molar-refractivity contribution in [3.63, 3.8) is 0 Å². The van der Waals surface area contributed by atoms with E-state index in [-0.39, 0.29) is 6.04 Å². The minimum Gasteiger partial charge on any atom is -0.357 e. The highest BCUT2D eigenvalue weighted by molar-refractivity contribution is 5.57. The number of rotatable bonds is 7. The van der Waals surface area contributed by atoms with Crippen molar-refractivity contribution in [2.75, 3.05) is 18.5 Å². The second-order valence-electron chi connectivity index (χ2n) is 5.76. The minimum atomic E-state index is 0.159. The normalized spacial score (nSPS) is 12.3. The molecule has 0 fully saturated rings. The van der Waals surface area contributed by atoms with Crippen LogP contribution >= 0.6 is 0 Å². The van der Waals surface area contributed by atoms with Crippen molar-refractivity contribution < 1.29 is 0 Å². The molecule has 0 saturated carbocycles. The van der Waals surface area contributed by atoms with E-state index < -0.39 is 0 Å². The topological polar surface area (TPSA) is 78.8 Å². The summed E-state index contributed by atoms with van der Waals surface area (Å²) in [6.45, 7) is 9.11. The summed E-state index contributed by atoms with van der Waals surface area (Å²) in [5, 5.41) is 18.0. The minimum absolute atomic E-state index is 0.159. The molecule has 1 rings (SSSR count). The van der Waals surface area contributed by atoms with Crippen molar-refractivity contribution in [3.05, 3.63) is 16.8 Å². The first kappa shape index (κ1) is 17.4. The molecule has 5 nitrogen and oxygen atoms in total. The Morgan fingerprint density at radius 1 is 1.24 bits per heavy atom. The maximum Gasteiger partial charge on any atom is 0.169 e. The molecule has 0 aliphatic rings. The molecule has 0 radical (unpaired) electrons. The number of anilines is 1. The maximum absolute atomic E-state index is 9.50. The van der Waals surface area contributed by atoms with E-state index in [1.54, 1.807) is 0 Å². The SMILES string of the molecule is CCc1nnc(N(C)CCC(N)C(C)C)c(C#N)c1CC. The zero-order valence-corrected chi connectivity index (χ0v) is 13.8. The van der Waals surface area contributed by atoms with Gasteiger partial charge in [0.2, 0.25) is 0 Å². The van der Waals surface area contributed by atoms with Crippen LogP contribution in [0.25, 0.3) is 0 Å². The first-order valence-electron chi connectivity index (χ1n) is 7.71. The number of nitrogens with zero attached hydrogens (tertiary/aromatic N) is 4. The van der Waals surface area contributed by atoms with Gasteiger partial charge in [-0.25, -0.2) is 0 Å². The zero-order valence-electron chi connectivity index (χ0n) is 13.8. The molecular weight excluding hydrogens is 262 g/mol. The van der Waals surface area contributed by atoms with Crippen molar-refractivity contribution in [3.8, 4) is 6.07 Å². The molecule has 5 heteroatoms. The molecule has 116 valence electrons. The lowest BCUT2D eigenvalue weighted by atomic mass is 10.0. The lowest BCUT2D eigenvalue weighted by Gasteiger charge is -2.23. The van der Waals surface area contributed by atoms with E-state index in [0.717, 1.165) is 37.1 Å². The van der Waals surface area contributed by atoms with Crippen LogP contribution in [-0.2, 0) is 12.8 Å². The summed E-state index contributed by atoms with van der Waals surface area (Å²) < 4.78 is 0. The van der Waals surface area contributed by atoms with Crippen molar-refractivity contribution in [2.45, 2.75) is 53.0 Å². The predicted octanol–water partition coefficient (Wildman–Crippen LogP) is 2.28. The van der Waals surface area contributed by atoms with E-state index in [4.69, 9.17) is 5.73 Å². The third-order valence-electron chi connectivity index (χ3n) is 3.96. The van der Waals surface area contributed by atoms with Crippen molar-refractivity contribution in [2.24, 2.45) is 11.7 Å². The zero-order chi connectivity index (χ0) is 16.0. The van der Waals surface area contributed by atoms with Gasteiger partial charge in [0.05, 0.1) is 5.69 Å². The van der Waals surface area contributed by atoms with E-state index >= 15 is 0 Å². The lowest BCUT2D eigenvalue weighted by Crippen LogP contribution is -2.32. The summed E-state index contributed by atoms with van der Waals surface area (Å²) in [5.41, 5.74) is 8.68. The van der Waals surface area contributed by atoms with Crippen LogP contribution in [0.1, 0.15) is 50.9 Å². The highest BCUT2D eigenvalue weighted by Crippen LogP contribution is 2.22. The van der Waals surface area contributed by atoms with Gasteiger partial charge in [-0.15, -0.1) is 5.10 Å². The van der Waals surface area contributed by atoms with Gasteiger partial charge in [0, 0.05) is 19.6 Å². The van der Waals surface area contributed by atoms with Gasteiger partial charge < -0.3 is 10.6 Å². The van der Waals surface area contributed by atoms with Gasteiger partial charge in [-0.2, -0.15) is 10.4 Å². The molecule has 0 bridgehead atoms.